The van der Waals surface area contributed by atoms with Crippen LogP contribution in [0.1, 0.15) is 15.2 Å². The molecule has 1 heterocycles. The number of amides is 1. The first kappa shape index (κ1) is 13.4. The lowest BCUT2D eigenvalue weighted by molar-refractivity contribution is 0.103. The lowest BCUT2D eigenvalue weighted by Gasteiger charge is -2.07. The standard InChI is InChI=1S/C12H10BrClN2OS/c1-6-5-9(18-11(6)13)12(17)16-8-4-2-3-7(15)10(8)14/h2-5H,15H2,1H3,(H,16,17). The van der Waals surface area contributed by atoms with Gasteiger partial charge in [-0.05, 0) is 46.6 Å². The number of benzene rings is 1. The van der Waals surface area contributed by atoms with Crippen LogP contribution in [0.25, 0.3) is 0 Å². The highest BCUT2D eigenvalue weighted by Crippen LogP contribution is 2.30. The number of rotatable bonds is 2. The van der Waals surface area contributed by atoms with Gasteiger partial charge in [-0.3, -0.25) is 4.79 Å². The van der Waals surface area contributed by atoms with Crippen molar-refractivity contribution >= 4 is 56.1 Å². The Bertz CT molecular complexity index is 593. The van der Waals surface area contributed by atoms with Crippen molar-refractivity contribution in [3.8, 4) is 0 Å². The minimum absolute atomic E-state index is 0.193. The van der Waals surface area contributed by atoms with Crippen LogP contribution in [0.5, 0.6) is 0 Å². The number of hydrogen-bond donors (Lipinski definition) is 2. The van der Waals surface area contributed by atoms with Crippen molar-refractivity contribution in [2.24, 2.45) is 0 Å². The fraction of sp³-hybridized carbons (Fsp3) is 0.0833. The molecule has 0 aliphatic heterocycles. The van der Waals surface area contributed by atoms with Crippen molar-refractivity contribution in [3.63, 3.8) is 0 Å². The maximum absolute atomic E-state index is 12.0. The van der Waals surface area contributed by atoms with E-state index in [1.165, 1.54) is 11.3 Å². The molecular formula is C12H10BrClN2OS. The Morgan fingerprint density at radius 3 is 2.83 bits per heavy atom. The summed E-state index contributed by atoms with van der Waals surface area (Å²) in [4.78, 5) is 12.6. The summed E-state index contributed by atoms with van der Waals surface area (Å²) in [5, 5.41) is 3.11. The second-order valence-corrected chi connectivity index (χ2v) is 6.48. The molecule has 0 spiro atoms. The second kappa shape index (κ2) is 5.30. The minimum Gasteiger partial charge on any atom is -0.397 e. The highest BCUT2D eigenvalue weighted by molar-refractivity contribution is 9.11. The first-order chi connectivity index (χ1) is 8.49. The van der Waals surface area contributed by atoms with Gasteiger partial charge in [-0.1, -0.05) is 17.7 Å². The normalized spacial score (nSPS) is 10.4. The summed E-state index contributed by atoms with van der Waals surface area (Å²) in [5.41, 5.74) is 7.67. The average molecular weight is 346 g/mol. The third-order valence-corrected chi connectivity index (χ3v) is 4.91. The van der Waals surface area contributed by atoms with Gasteiger partial charge < -0.3 is 11.1 Å². The molecule has 0 saturated heterocycles. The Morgan fingerprint density at radius 1 is 1.50 bits per heavy atom. The van der Waals surface area contributed by atoms with Crippen molar-refractivity contribution in [2.45, 2.75) is 6.92 Å². The Morgan fingerprint density at radius 2 is 2.22 bits per heavy atom. The van der Waals surface area contributed by atoms with Crippen molar-refractivity contribution < 1.29 is 4.79 Å². The zero-order chi connectivity index (χ0) is 13.3. The number of hydrogen-bond acceptors (Lipinski definition) is 3. The van der Waals surface area contributed by atoms with E-state index in [1.54, 1.807) is 18.2 Å². The molecule has 18 heavy (non-hydrogen) atoms. The lowest BCUT2D eigenvalue weighted by atomic mass is 10.2. The molecule has 3 nitrogen and oxygen atoms in total. The molecule has 1 aromatic heterocycles. The Balaban J connectivity index is 2.24. The molecule has 3 N–H and O–H groups in total. The molecule has 0 saturated carbocycles. The first-order valence-corrected chi connectivity index (χ1v) is 7.09. The summed E-state index contributed by atoms with van der Waals surface area (Å²) in [7, 11) is 0. The van der Waals surface area contributed by atoms with E-state index in [2.05, 4.69) is 21.2 Å². The number of carbonyl (C=O) groups is 1. The van der Waals surface area contributed by atoms with Crippen LogP contribution in [0, 0.1) is 6.92 Å². The summed E-state index contributed by atoms with van der Waals surface area (Å²) < 4.78 is 0.950. The average Bonchev–Trinajstić information content (AvgIpc) is 2.66. The van der Waals surface area contributed by atoms with E-state index < -0.39 is 0 Å². The lowest BCUT2D eigenvalue weighted by Crippen LogP contribution is -2.10. The van der Waals surface area contributed by atoms with E-state index >= 15 is 0 Å². The second-order valence-electron chi connectivity index (χ2n) is 3.73. The summed E-state index contributed by atoms with van der Waals surface area (Å²) in [6, 6.07) is 6.96. The van der Waals surface area contributed by atoms with Crippen molar-refractivity contribution in [1.29, 1.82) is 0 Å². The van der Waals surface area contributed by atoms with E-state index in [9.17, 15) is 4.79 Å². The molecule has 6 heteroatoms. The third-order valence-electron chi connectivity index (χ3n) is 2.36. The Kier molecular flexibility index (Phi) is 3.94. The van der Waals surface area contributed by atoms with E-state index in [0.717, 1.165) is 9.35 Å². The summed E-state index contributed by atoms with van der Waals surface area (Å²) >= 11 is 10.8. The van der Waals surface area contributed by atoms with Crippen molar-refractivity contribution in [3.05, 3.63) is 43.5 Å². The van der Waals surface area contributed by atoms with E-state index in [-0.39, 0.29) is 5.91 Å². The largest absolute Gasteiger partial charge is 0.397 e. The summed E-state index contributed by atoms with van der Waals surface area (Å²) in [6.45, 7) is 1.94. The zero-order valence-electron chi connectivity index (χ0n) is 9.46. The molecule has 0 aliphatic rings. The number of halogens is 2. The predicted octanol–water partition coefficient (Wildman–Crippen LogP) is 4.31. The van der Waals surface area contributed by atoms with Crippen LogP contribution in [0.2, 0.25) is 5.02 Å². The molecular weight excluding hydrogens is 336 g/mol. The molecule has 0 bridgehead atoms. The number of nitrogens with two attached hydrogens (primary N) is 1. The van der Waals surface area contributed by atoms with Gasteiger partial charge in [-0.15, -0.1) is 11.3 Å². The Hall–Kier alpha value is -1.04. The molecule has 0 aliphatic carbocycles. The van der Waals surface area contributed by atoms with Crippen LogP contribution in [0.15, 0.2) is 28.1 Å². The number of nitrogen functional groups attached to an aromatic ring is 1. The molecule has 1 aromatic carbocycles. The van der Waals surface area contributed by atoms with Gasteiger partial charge in [0.15, 0.2) is 0 Å². The molecule has 94 valence electrons. The van der Waals surface area contributed by atoms with Gasteiger partial charge in [0.25, 0.3) is 5.91 Å². The molecule has 2 aromatic rings. The summed E-state index contributed by atoms with van der Waals surface area (Å²) in [6.07, 6.45) is 0. The number of aryl methyl sites for hydroxylation is 1. The highest BCUT2D eigenvalue weighted by Gasteiger charge is 2.13. The maximum atomic E-state index is 12.0. The van der Waals surface area contributed by atoms with Crippen molar-refractivity contribution in [1.82, 2.24) is 0 Å². The zero-order valence-corrected chi connectivity index (χ0v) is 12.6. The number of anilines is 2. The topological polar surface area (TPSA) is 55.1 Å². The van der Waals surface area contributed by atoms with Crippen LogP contribution in [0.4, 0.5) is 11.4 Å². The van der Waals surface area contributed by atoms with Crippen LogP contribution in [-0.4, -0.2) is 5.91 Å². The SMILES string of the molecule is Cc1cc(C(=O)Nc2cccc(N)c2Cl)sc1Br. The molecule has 0 fully saturated rings. The van der Waals surface area contributed by atoms with E-state index in [0.29, 0.717) is 21.3 Å². The van der Waals surface area contributed by atoms with Gasteiger partial charge in [-0.25, -0.2) is 0 Å². The van der Waals surface area contributed by atoms with Gasteiger partial charge in [0, 0.05) is 0 Å². The maximum Gasteiger partial charge on any atom is 0.265 e. The fourth-order valence-corrected chi connectivity index (χ4v) is 3.01. The van der Waals surface area contributed by atoms with Gasteiger partial charge >= 0.3 is 0 Å². The van der Waals surface area contributed by atoms with E-state index in [1.807, 2.05) is 13.0 Å². The molecule has 1 amide bonds. The fourth-order valence-electron chi connectivity index (χ4n) is 1.40. The van der Waals surface area contributed by atoms with Crippen LogP contribution < -0.4 is 11.1 Å². The van der Waals surface area contributed by atoms with Gasteiger partial charge in [0.2, 0.25) is 0 Å². The highest BCUT2D eigenvalue weighted by atomic mass is 79.9. The minimum atomic E-state index is -0.193. The molecule has 0 unspecified atom stereocenters. The van der Waals surface area contributed by atoms with Crippen molar-refractivity contribution in [2.75, 3.05) is 11.1 Å². The van der Waals surface area contributed by atoms with E-state index in [4.69, 9.17) is 17.3 Å². The van der Waals surface area contributed by atoms with Gasteiger partial charge in [0.1, 0.15) is 0 Å². The predicted molar refractivity (Wildman–Crippen MR) is 80.6 cm³/mol. The first-order valence-electron chi connectivity index (χ1n) is 5.10. The van der Waals surface area contributed by atoms with Crippen LogP contribution in [0.3, 0.4) is 0 Å². The third kappa shape index (κ3) is 2.68. The van der Waals surface area contributed by atoms with Gasteiger partial charge in [-0.2, -0.15) is 0 Å². The Labute approximate surface area is 122 Å². The van der Waals surface area contributed by atoms with Crippen LogP contribution in [-0.2, 0) is 0 Å². The smallest absolute Gasteiger partial charge is 0.265 e. The molecule has 2 rings (SSSR count). The molecule has 0 atom stereocenters. The number of thiophene rings is 1. The number of nitrogens with one attached hydrogen (secondary N) is 1. The monoisotopic (exact) mass is 344 g/mol. The number of carbonyl (C=O) groups excluding carboxylic acids is 1. The molecule has 0 radical (unpaired) electrons. The quantitative estimate of drug-likeness (QED) is 0.797. The van der Waals surface area contributed by atoms with Gasteiger partial charge in [0.05, 0.1) is 25.1 Å². The van der Waals surface area contributed by atoms with Crippen LogP contribution >= 0.6 is 38.9 Å². The summed E-state index contributed by atoms with van der Waals surface area (Å²) in [5.74, 6) is -0.193.